The third-order valence-corrected chi connectivity index (χ3v) is 3.43. The molecule has 0 fully saturated rings. The summed E-state index contributed by atoms with van der Waals surface area (Å²) >= 11 is 0. The average Bonchev–Trinajstić information content (AvgIpc) is 2.54. The fourth-order valence-electron chi connectivity index (χ4n) is 2.33. The second-order valence-electron chi connectivity index (χ2n) is 5.18. The van der Waals surface area contributed by atoms with E-state index in [0.717, 1.165) is 18.0 Å². The Labute approximate surface area is 125 Å². The van der Waals surface area contributed by atoms with Crippen molar-refractivity contribution >= 4 is 16.5 Å². The van der Waals surface area contributed by atoms with Crippen LogP contribution in [0.1, 0.15) is 6.92 Å². The summed E-state index contributed by atoms with van der Waals surface area (Å²) in [6.07, 6.45) is 0.103. The maximum absolute atomic E-state index is 5.98. The van der Waals surface area contributed by atoms with Crippen LogP contribution >= 0.6 is 0 Å². The zero-order valence-corrected chi connectivity index (χ0v) is 12.1. The van der Waals surface area contributed by atoms with E-state index >= 15 is 0 Å². The Morgan fingerprint density at radius 1 is 0.857 bits per heavy atom. The van der Waals surface area contributed by atoms with Gasteiger partial charge in [-0.3, -0.25) is 0 Å². The van der Waals surface area contributed by atoms with E-state index in [1.165, 1.54) is 10.8 Å². The summed E-state index contributed by atoms with van der Waals surface area (Å²) in [6.45, 7) is 2.85. The Morgan fingerprint density at radius 3 is 2.38 bits per heavy atom. The quantitative estimate of drug-likeness (QED) is 0.728. The molecular weight excluding hydrogens is 258 g/mol. The zero-order valence-electron chi connectivity index (χ0n) is 12.1. The molecule has 0 saturated heterocycles. The van der Waals surface area contributed by atoms with Gasteiger partial charge < -0.3 is 10.1 Å². The van der Waals surface area contributed by atoms with Crippen LogP contribution in [-0.4, -0.2) is 12.6 Å². The van der Waals surface area contributed by atoms with Gasteiger partial charge in [0.25, 0.3) is 0 Å². The highest BCUT2D eigenvalue weighted by Crippen LogP contribution is 2.21. The average molecular weight is 277 g/mol. The Hall–Kier alpha value is -2.48. The van der Waals surface area contributed by atoms with Gasteiger partial charge in [-0.1, -0.05) is 48.5 Å². The fraction of sp³-hybridized carbons (Fsp3) is 0.158. The Morgan fingerprint density at radius 2 is 1.57 bits per heavy atom. The van der Waals surface area contributed by atoms with Gasteiger partial charge in [0.05, 0.1) is 6.54 Å². The molecule has 1 unspecified atom stereocenters. The SMILES string of the molecule is CC(CNc1ccccc1)Oc1ccc2ccccc2c1. The topological polar surface area (TPSA) is 21.3 Å². The Bertz CT molecular complexity index is 709. The molecule has 0 bridgehead atoms. The summed E-state index contributed by atoms with van der Waals surface area (Å²) in [5, 5.41) is 5.82. The van der Waals surface area contributed by atoms with Crippen LogP contribution in [0.15, 0.2) is 72.8 Å². The third kappa shape index (κ3) is 3.54. The predicted octanol–water partition coefficient (Wildman–Crippen LogP) is 4.72. The molecule has 106 valence electrons. The highest BCUT2D eigenvalue weighted by atomic mass is 16.5. The largest absolute Gasteiger partial charge is 0.489 e. The van der Waals surface area contributed by atoms with Gasteiger partial charge in [-0.05, 0) is 42.0 Å². The summed E-state index contributed by atoms with van der Waals surface area (Å²) < 4.78 is 5.98. The molecule has 0 heterocycles. The van der Waals surface area contributed by atoms with Crippen LogP contribution in [0.5, 0.6) is 5.75 Å². The number of hydrogen-bond acceptors (Lipinski definition) is 2. The van der Waals surface area contributed by atoms with Crippen LogP contribution in [0.3, 0.4) is 0 Å². The molecule has 1 N–H and O–H groups in total. The molecule has 2 heteroatoms. The smallest absolute Gasteiger partial charge is 0.120 e. The van der Waals surface area contributed by atoms with Crippen LogP contribution < -0.4 is 10.1 Å². The highest BCUT2D eigenvalue weighted by Gasteiger charge is 2.04. The minimum Gasteiger partial charge on any atom is -0.489 e. The molecule has 3 aromatic rings. The number of rotatable bonds is 5. The molecule has 0 aliphatic carbocycles. The van der Waals surface area contributed by atoms with Crippen molar-refractivity contribution in [2.75, 3.05) is 11.9 Å². The molecule has 0 aromatic heterocycles. The van der Waals surface area contributed by atoms with Crippen LogP contribution in [0.25, 0.3) is 10.8 Å². The highest BCUT2D eigenvalue weighted by molar-refractivity contribution is 5.83. The van der Waals surface area contributed by atoms with Crippen LogP contribution in [0.4, 0.5) is 5.69 Å². The maximum Gasteiger partial charge on any atom is 0.120 e. The second kappa shape index (κ2) is 6.31. The van der Waals surface area contributed by atoms with E-state index in [0.29, 0.717) is 0 Å². The summed E-state index contributed by atoms with van der Waals surface area (Å²) in [4.78, 5) is 0. The van der Waals surface area contributed by atoms with Crippen LogP contribution in [0, 0.1) is 0 Å². The number of hydrogen-bond donors (Lipinski definition) is 1. The second-order valence-corrected chi connectivity index (χ2v) is 5.18. The molecule has 21 heavy (non-hydrogen) atoms. The molecule has 1 atom stereocenters. The van der Waals surface area contributed by atoms with Gasteiger partial charge in [-0.25, -0.2) is 0 Å². The lowest BCUT2D eigenvalue weighted by molar-refractivity contribution is 0.235. The summed E-state index contributed by atoms with van der Waals surface area (Å²) in [6, 6.07) is 24.7. The van der Waals surface area contributed by atoms with Crippen LogP contribution in [-0.2, 0) is 0 Å². The van der Waals surface area contributed by atoms with E-state index in [2.05, 4.69) is 54.7 Å². The summed E-state index contributed by atoms with van der Waals surface area (Å²) in [5.74, 6) is 0.913. The molecule has 0 spiro atoms. The normalized spacial score (nSPS) is 12.0. The Balaban J connectivity index is 1.62. The minimum atomic E-state index is 0.103. The van der Waals surface area contributed by atoms with E-state index < -0.39 is 0 Å². The maximum atomic E-state index is 5.98. The van der Waals surface area contributed by atoms with Crippen molar-refractivity contribution in [2.45, 2.75) is 13.0 Å². The lowest BCUT2D eigenvalue weighted by Gasteiger charge is -2.16. The van der Waals surface area contributed by atoms with Crippen molar-refractivity contribution in [1.29, 1.82) is 0 Å². The van der Waals surface area contributed by atoms with Crippen molar-refractivity contribution in [3.05, 3.63) is 72.8 Å². The molecular formula is C19H19NO. The van der Waals surface area contributed by atoms with Crippen molar-refractivity contribution in [2.24, 2.45) is 0 Å². The number of anilines is 1. The van der Waals surface area contributed by atoms with Gasteiger partial charge in [0.2, 0.25) is 0 Å². The number of para-hydroxylation sites is 1. The monoisotopic (exact) mass is 277 g/mol. The lowest BCUT2D eigenvalue weighted by atomic mass is 10.1. The molecule has 0 aliphatic heterocycles. The van der Waals surface area contributed by atoms with Crippen molar-refractivity contribution in [3.63, 3.8) is 0 Å². The molecule has 3 rings (SSSR count). The summed E-state index contributed by atoms with van der Waals surface area (Å²) in [5.41, 5.74) is 1.12. The van der Waals surface area contributed by atoms with Gasteiger partial charge in [0.15, 0.2) is 0 Å². The first kappa shape index (κ1) is 13.5. The van der Waals surface area contributed by atoms with Gasteiger partial charge in [-0.2, -0.15) is 0 Å². The third-order valence-electron chi connectivity index (χ3n) is 3.43. The van der Waals surface area contributed by atoms with Gasteiger partial charge in [-0.15, -0.1) is 0 Å². The van der Waals surface area contributed by atoms with Crippen molar-refractivity contribution in [1.82, 2.24) is 0 Å². The van der Waals surface area contributed by atoms with E-state index in [1.807, 2.05) is 30.3 Å². The van der Waals surface area contributed by atoms with E-state index in [1.54, 1.807) is 0 Å². The number of fused-ring (bicyclic) bond motifs is 1. The molecule has 0 aliphatic rings. The fourth-order valence-corrected chi connectivity index (χ4v) is 2.33. The standard InChI is InChI=1S/C19H19NO/c1-15(14-20-18-9-3-2-4-10-18)21-19-12-11-16-7-5-6-8-17(16)13-19/h2-13,15,20H,14H2,1H3. The van der Waals surface area contributed by atoms with Gasteiger partial charge in [0, 0.05) is 5.69 Å². The van der Waals surface area contributed by atoms with E-state index in [4.69, 9.17) is 4.74 Å². The first-order chi connectivity index (χ1) is 10.3. The first-order valence-corrected chi connectivity index (χ1v) is 7.26. The van der Waals surface area contributed by atoms with E-state index in [-0.39, 0.29) is 6.10 Å². The number of benzene rings is 3. The predicted molar refractivity (Wildman–Crippen MR) is 89.0 cm³/mol. The Kier molecular flexibility index (Phi) is 4.06. The van der Waals surface area contributed by atoms with Crippen LogP contribution in [0.2, 0.25) is 0 Å². The lowest BCUT2D eigenvalue weighted by Crippen LogP contribution is -2.22. The first-order valence-electron chi connectivity index (χ1n) is 7.26. The van der Waals surface area contributed by atoms with Gasteiger partial charge in [0.1, 0.15) is 11.9 Å². The molecule has 0 radical (unpaired) electrons. The minimum absolute atomic E-state index is 0.103. The van der Waals surface area contributed by atoms with Crippen molar-refractivity contribution < 1.29 is 4.74 Å². The zero-order chi connectivity index (χ0) is 14.5. The molecule has 3 aromatic carbocycles. The number of nitrogens with one attached hydrogen (secondary N) is 1. The number of ether oxygens (including phenoxy) is 1. The molecule has 2 nitrogen and oxygen atoms in total. The summed E-state index contributed by atoms with van der Waals surface area (Å²) in [7, 11) is 0. The van der Waals surface area contributed by atoms with Crippen molar-refractivity contribution in [3.8, 4) is 5.75 Å². The van der Waals surface area contributed by atoms with E-state index in [9.17, 15) is 0 Å². The molecule has 0 saturated carbocycles. The molecule has 0 amide bonds. The van der Waals surface area contributed by atoms with Gasteiger partial charge >= 0.3 is 0 Å².